The number of aliphatic hydroxyl groups excluding tert-OH is 1. The third-order valence-electron chi connectivity index (χ3n) is 4.41. The maximum Gasteiger partial charge on any atom is 0.273 e. The average molecular weight is 339 g/mol. The molecule has 0 aliphatic heterocycles. The fourth-order valence-corrected chi connectivity index (χ4v) is 2.97. The van der Waals surface area contributed by atoms with Crippen LogP contribution >= 0.6 is 0 Å². The molecule has 0 saturated heterocycles. The van der Waals surface area contributed by atoms with Gasteiger partial charge in [-0.15, -0.1) is 5.10 Å². The average Bonchev–Trinajstić information content (AvgIpc) is 3.27. The summed E-state index contributed by atoms with van der Waals surface area (Å²) in [6, 6.07) is 11.3. The van der Waals surface area contributed by atoms with Gasteiger partial charge in [0.15, 0.2) is 11.5 Å². The molecule has 128 valence electrons. The van der Waals surface area contributed by atoms with E-state index in [0.29, 0.717) is 11.5 Å². The monoisotopic (exact) mass is 339 g/mol. The van der Waals surface area contributed by atoms with E-state index in [1.165, 1.54) is 0 Å². The highest BCUT2D eigenvalue weighted by molar-refractivity contribution is 5.93. The second kappa shape index (κ2) is 6.48. The Bertz CT molecular complexity index is 867. The predicted octanol–water partition coefficient (Wildman–Crippen LogP) is 1.56. The molecule has 8 heteroatoms. The highest BCUT2D eigenvalue weighted by Crippen LogP contribution is 2.32. The summed E-state index contributed by atoms with van der Waals surface area (Å²) < 4.78 is 6.97. The summed E-state index contributed by atoms with van der Waals surface area (Å²) in [6.45, 7) is -0.0955. The fraction of sp³-hybridized carbons (Fsp3) is 0.294. The van der Waals surface area contributed by atoms with Crippen molar-refractivity contribution < 1.29 is 14.4 Å². The van der Waals surface area contributed by atoms with E-state index in [0.717, 1.165) is 18.4 Å². The van der Waals surface area contributed by atoms with Crippen LogP contribution in [0.1, 0.15) is 35.1 Å². The third-order valence-corrected chi connectivity index (χ3v) is 4.41. The van der Waals surface area contributed by atoms with Crippen LogP contribution in [0.2, 0.25) is 0 Å². The lowest BCUT2D eigenvalue weighted by Crippen LogP contribution is -2.45. The molecule has 2 aromatic heterocycles. The van der Waals surface area contributed by atoms with Crippen molar-refractivity contribution in [3.63, 3.8) is 0 Å². The number of aromatic nitrogens is 4. The van der Waals surface area contributed by atoms with Crippen LogP contribution in [0, 0.1) is 0 Å². The van der Waals surface area contributed by atoms with Gasteiger partial charge in [0.05, 0.1) is 24.5 Å². The second-order valence-electron chi connectivity index (χ2n) is 6.07. The summed E-state index contributed by atoms with van der Waals surface area (Å²) in [7, 11) is 0. The summed E-state index contributed by atoms with van der Waals surface area (Å²) in [4.78, 5) is 12.3. The van der Waals surface area contributed by atoms with Gasteiger partial charge in [-0.05, 0) is 12.8 Å². The Morgan fingerprint density at radius 1 is 1.32 bits per heavy atom. The molecule has 1 fully saturated rings. The van der Waals surface area contributed by atoms with Crippen LogP contribution in [-0.2, 0) is 6.61 Å². The Labute approximate surface area is 143 Å². The maximum absolute atomic E-state index is 12.3. The van der Waals surface area contributed by atoms with E-state index in [9.17, 15) is 9.90 Å². The lowest BCUT2D eigenvalue weighted by molar-refractivity contribution is 0.0875. The smallest absolute Gasteiger partial charge is 0.273 e. The molecule has 8 nitrogen and oxygen atoms in total. The van der Waals surface area contributed by atoms with Gasteiger partial charge in [-0.2, -0.15) is 0 Å². The first-order valence-corrected chi connectivity index (χ1v) is 8.07. The van der Waals surface area contributed by atoms with Gasteiger partial charge in [0.1, 0.15) is 0 Å². The van der Waals surface area contributed by atoms with Gasteiger partial charge in [0.2, 0.25) is 0 Å². The van der Waals surface area contributed by atoms with Crippen LogP contribution in [0.3, 0.4) is 0 Å². The van der Waals surface area contributed by atoms with E-state index >= 15 is 0 Å². The standard InChI is InChI=1S/C17H17N5O3/c23-10-14-9-18-21-22(14)13-6-12(7-13)19-17(24)15-8-16(25-20-15)11-4-2-1-3-5-11/h1-5,8-9,12-13,23H,6-7,10H2,(H,19,24)/t12-,13+. The molecule has 25 heavy (non-hydrogen) atoms. The molecule has 1 aromatic carbocycles. The van der Waals surface area contributed by atoms with Crippen LogP contribution in [0.25, 0.3) is 11.3 Å². The number of nitrogens with zero attached hydrogens (tertiary/aromatic N) is 4. The van der Waals surface area contributed by atoms with Crippen molar-refractivity contribution >= 4 is 5.91 Å². The number of hydrogen-bond donors (Lipinski definition) is 2. The Hall–Kier alpha value is -3.00. The van der Waals surface area contributed by atoms with Crippen molar-refractivity contribution in [3.05, 3.63) is 54.0 Å². The molecule has 0 spiro atoms. The topological polar surface area (TPSA) is 106 Å². The molecule has 1 aliphatic rings. The normalized spacial score (nSPS) is 19.4. The highest BCUT2D eigenvalue weighted by Gasteiger charge is 2.34. The zero-order chi connectivity index (χ0) is 17.2. The molecule has 0 unspecified atom stereocenters. The van der Waals surface area contributed by atoms with Crippen LogP contribution in [0.5, 0.6) is 0 Å². The number of nitrogens with one attached hydrogen (secondary N) is 1. The summed E-state index contributed by atoms with van der Waals surface area (Å²) in [6.07, 6.45) is 3.03. The lowest BCUT2D eigenvalue weighted by Gasteiger charge is -2.35. The maximum atomic E-state index is 12.3. The number of aliphatic hydroxyl groups is 1. The van der Waals surface area contributed by atoms with Crippen molar-refractivity contribution in [2.45, 2.75) is 31.5 Å². The van der Waals surface area contributed by atoms with Crippen LogP contribution in [0.4, 0.5) is 0 Å². The SMILES string of the molecule is O=C(N[C@H]1C[C@@H](n2nncc2CO)C1)c1cc(-c2ccccc2)on1. The van der Waals surface area contributed by atoms with Crippen LogP contribution < -0.4 is 5.32 Å². The minimum Gasteiger partial charge on any atom is -0.390 e. The van der Waals surface area contributed by atoms with Gasteiger partial charge in [-0.3, -0.25) is 4.79 Å². The van der Waals surface area contributed by atoms with E-state index < -0.39 is 0 Å². The molecule has 3 aromatic rings. The number of hydrogen-bond acceptors (Lipinski definition) is 6. The van der Waals surface area contributed by atoms with E-state index in [-0.39, 0.29) is 30.3 Å². The van der Waals surface area contributed by atoms with Gasteiger partial charge in [0.25, 0.3) is 5.91 Å². The summed E-state index contributed by atoms with van der Waals surface area (Å²) in [5, 5.41) is 23.8. The number of benzene rings is 1. The molecule has 4 rings (SSSR count). The first-order valence-electron chi connectivity index (χ1n) is 8.07. The van der Waals surface area contributed by atoms with Gasteiger partial charge in [-0.1, -0.05) is 40.7 Å². The van der Waals surface area contributed by atoms with Crippen molar-refractivity contribution in [2.24, 2.45) is 0 Å². The molecular formula is C17H17N5O3. The third kappa shape index (κ3) is 3.03. The molecule has 2 heterocycles. The number of amides is 1. The fourth-order valence-electron chi connectivity index (χ4n) is 2.97. The molecule has 0 atom stereocenters. The largest absolute Gasteiger partial charge is 0.390 e. The van der Waals surface area contributed by atoms with Crippen molar-refractivity contribution in [1.29, 1.82) is 0 Å². The molecule has 2 N–H and O–H groups in total. The van der Waals surface area contributed by atoms with E-state index in [1.54, 1.807) is 16.9 Å². The highest BCUT2D eigenvalue weighted by atomic mass is 16.5. The van der Waals surface area contributed by atoms with Crippen LogP contribution in [0.15, 0.2) is 47.1 Å². The molecule has 1 saturated carbocycles. The Kier molecular flexibility index (Phi) is 4.02. The minimum atomic E-state index is -0.254. The number of rotatable bonds is 5. The summed E-state index contributed by atoms with van der Waals surface area (Å²) in [5.41, 5.74) is 1.82. The molecule has 0 radical (unpaired) electrons. The van der Waals surface area contributed by atoms with E-state index in [2.05, 4.69) is 20.8 Å². The Morgan fingerprint density at radius 2 is 2.12 bits per heavy atom. The lowest BCUT2D eigenvalue weighted by atomic mass is 9.86. The van der Waals surface area contributed by atoms with Crippen LogP contribution in [-0.4, -0.2) is 37.2 Å². The zero-order valence-electron chi connectivity index (χ0n) is 13.4. The van der Waals surface area contributed by atoms with Gasteiger partial charge in [0, 0.05) is 17.7 Å². The Balaban J connectivity index is 1.35. The van der Waals surface area contributed by atoms with E-state index in [4.69, 9.17) is 4.52 Å². The molecule has 0 bridgehead atoms. The zero-order valence-corrected chi connectivity index (χ0v) is 13.4. The first kappa shape index (κ1) is 15.5. The summed E-state index contributed by atoms with van der Waals surface area (Å²) in [5.74, 6) is 0.308. The predicted molar refractivity (Wildman–Crippen MR) is 87.4 cm³/mol. The van der Waals surface area contributed by atoms with Crippen molar-refractivity contribution in [3.8, 4) is 11.3 Å². The minimum absolute atomic E-state index is 0.0464. The number of carbonyl (C=O) groups excluding carboxylic acids is 1. The second-order valence-corrected chi connectivity index (χ2v) is 6.07. The molecule has 1 amide bonds. The van der Waals surface area contributed by atoms with Gasteiger partial charge < -0.3 is 14.9 Å². The first-order chi connectivity index (χ1) is 12.2. The molecule has 1 aliphatic carbocycles. The molecular weight excluding hydrogens is 322 g/mol. The Morgan fingerprint density at radius 3 is 2.88 bits per heavy atom. The van der Waals surface area contributed by atoms with E-state index in [1.807, 2.05) is 30.3 Å². The summed E-state index contributed by atoms with van der Waals surface area (Å²) >= 11 is 0. The van der Waals surface area contributed by atoms with Crippen molar-refractivity contribution in [1.82, 2.24) is 25.5 Å². The van der Waals surface area contributed by atoms with Crippen molar-refractivity contribution in [2.75, 3.05) is 0 Å². The quantitative estimate of drug-likeness (QED) is 0.731. The number of carbonyl (C=O) groups is 1. The van der Waals surface area contributed by atoms with Gasteiger partial charge >= 0.3 is 0 Å². The van der Waals surface area contributed by atoms with Gasteiger partial charge in [-0.25, -0.2) is 4.68 Å².